The van der Waals surface area contributed by atoms with Gasteiger partial charge in [0.1, 0.15) is 10.6 Å². The Hall–Kier alpha value is -2.78. The van der Waals surface area contributed by atoms with E-state index in [-0.39, 0.29) is 16.6 Å². The van der Waals surface area contributed by atoms with Crippen LogP contribution in [0, 0.1) is 0 Å². The topological polar surface area (TPSA) is 103 Å². The first-order valence-electron chi connectivity index (χ1n) is 9.51. The molecule has 30 heavy (non-hydrogen) atoms. The monoisotopic (exact) mass is 436 g/mol. The fraction of sp³-hybridized carbons (Fsp3) is 0.381. The molecule has 9 heteroatoms. The summed E-state index contributed by atoms with van der Waals surface area (Å²) < 4.78 is 44.1. The number of nitrogens with one attached hydrogen (secondary N) is 2. The molecule has 2 aromatic carbocycles. The van der Waals surface area contributed by atoms with Crippen LogP contribution in [0.3, 0.4) is 0 Å². The maximum atomic E-state index is 13.1. The van der Waals surface area contributed by atoms with Crippen molar-refractivity contribution in [3.63, 3.8) is 0 Å². The molecule has 8 nitrogen and oxygen atoms in total. The minimum atomic E-state index is -3.98. The van der Waals surface area contributed by atoms with E-state index < -0.39 is 16.0 Å². The van der Waals surface area contributed by atoms with Crippen LogP contribution in [0.5, 0.6) is 5.75 Å². The van der Waals surface area contributed by atoms with Gasteiger partial charge in [0.15, 0.2) is 0 Å². The molecule has 0 spiro atoms. The molecule has 0 unspecified atom stereocenters. The van der Waals surface area contributed by atoms with Gasteiger partial charge in [0.05, 0.1) is 24.5 Å². The van der Waals surface area contributed by atoms with Crippen molar-refractivity contribution < 1.29 is 27.4 Å². The van der Waals surface area contributed by atoms with Crippen LogP contribution in [0.4, 0.5) is 11.4 Å². The van der Waals surface area contributed by atoms with Gasteiger partial charge in [-0.1, -0.05) is 0 Å². The van der Waals surface area contributed by atoms with E-state index in [1.165, 1.54) is 19.2 Å². The van der Waals surface area contributed by atoms with E-state index in [9.17, 15) is 13.2 Å². The first kappa shape index (κ1) is 23.5. The summed E-state index contributed by atoms with van der Waals surface area (Å²) in [5, 5.41) is 3.09. The second-order valence-corrected chi connectivity index (χ2v) is 8.42. The summed E-state index contributed by atoms with van der Waals surface area (Å²) in [7, 11) is -0.852. The number of esters is 1. The highest BCUT2D eigenvalue weighted by Crippen LogP contribution is 2.27. The van der Waals surface area contributed by atoms with Gasteiger partial charge < -0.3 is 19.5 Å². The van der Waals surface area contributed by atoms with Crippen LogP contribution in [-0.4, -0.2) is 47.9 Å². The predicted octanol–water partition coefficient (Wildman–Crippen LogP) is 3.51. The fourth-order valence-corrected chi connectivity index (χ4v) is 3.88. The Labute approximate surface area is 177 Å². The van der Waals surface area contributed by atoms with Gasteiger partial charge in [-0.15, -0.1) is 0 Å². The Bertz CT molecular complexity index is 942. The van der Waals surface area contributed by atoms with E-state index in [4.69, 9.17) is 14.2 Å². The molecular weight excluding hydrogens is 408 g/mol. The number of benzene rings is 2. The number of hydrogen-bond donors (Lipinski definition) is 2. The van der Waals surface area contributed by atoms with E-state index in [1.54, 1.807) is 51.3 Å². The van der Waals surface area contributed by atoms with Gasteiger partial charge in [0, 0.05) is 25.9 Å². The van der Waals surface area contributed by atoms with Crippen molar-refractivity contribution in [3.8, 4) is 5.75 Å². The molecule has 0 aliphatic carbocycles. The van der Waals surface area contributed by atoms with E-state index in [0.29, 0.717) is 36.7 Å². The van der Waals surface area contributed by atoms with Gasteiger partial charge in [-0.05, 0) is 62.7 Å². The molecule has 164 valence electrons. The Morgan fingerprint density at radius 3 is 2.37 bits per heavy atom. The highest BCUT2D eigenvalue weighted by atomic mass is 32.2. The zero-order valence-electron chi connectivity index (χ0n) is 17.6. The summed E-state index contributed by atoms with van der Waals surface area (Å²) in [5.41, 5.74) is 0.908. The number of rotatable bonds is 11. The molecule has 0 atom stereocenters. The summed E-state index contributed by atoms with van der Waals surface area (Å²) in [4.78, 5) is 12.2. The number of ether oxygens (including phenoxy) is 3. The minimum absolute atomic E-state index is 0.0473. The second-order valence-electron chi connectivity index (χ2n) is 6.77. The molecular formula is C21H28N2O6S. The lowest BCUT2D eigenvalue weighted by atomic mass is 10.2. The third kappa shape index (κ3) is 6.64. The first-order chi connectivity index (χ1) is 14.3. The predicted molar refractivity (Wildman–Crippen MR) is 116 cm³/mol. The average molecular weight is 437 g/mol. The van der Waals surface area contributed by atoms with Crippen LogP contribution in [0.2, 0.25) is 0 Å². The molecule has 0 radical (unpaired) electrons. The zero-order valence-corrected chi connectivity index (χ0v) is 18.4. The van der Waals surface area contributed by atoms with Crippen LogP contribution in [0.15, 0.2) is 47.4 Å². The van der Waals surface area contributed by atoms with E-state index in [0.717, 1.165) is 0 Å². The molecule has 0 fully saturated rings. The summed E-state index contributed by atoms with van der Waals surface area (Å²) in [5.74, 6) is 0.0219. The number of sulfonamides is 1. The SMILES string of the molecule is COCCCNc1ccc(C(=O)OC(C)C)cc1S(=O)(=O)Nc1ccc(OC)cc1. The molecule has 0 aromatic heterocycles. The molecule has 0 amide bonds. The van der Waals surface area contributed by atoms with Crippen molar-refractivity contribution in [3.05, 3.63) is 48.0 Å². The number of carbonyl (C=O) groups is 1. The zero-order chi connectivity index (χ0) is 22.1. The Kier molecular flexibility index (Phi) is 8.49. The van der Waals surface area contributed by atoms with E-state index in [1.807, 2.05) is 0 Å². The maximum absolute atomic E-state index is 13.1. The Balaban J connectivity index is 2.35. The third-order valence-electron chi connectivity index (χ3n) is 4.03. The summed E-state index contributed by atoms with van der Waals surface area (Å²) in [6.45, 7) is 4.51. The lowest BCUT2D eigenvalue weighted by molar-refractivity contribution is 0.0377. The van der Waals surface area contributed by atoms with Crippen LogP contribution in [0.25, 0.3) is 0 Å². The third-order valence-corrected chi connectivity index (χ3v) is 5.45. The van der Waals surface area contributed by atoms with Crippen molar-refractivity contribution in [2.24, 2.45) is 0 Å². The smallest absolute Gasteiger partial charge is 0.338 e. The van der Waals surface area contributed by atoms with Crippen LogP contribution >= 0.6 is 0 Å². The number of anilines is 2. The molecule has 0 saturated heterocycles. The number of hydrogen-bond acceptors (Lipinski definition) is 7. The lowest BCUT2D eigenvalue weighted by Crippen LogP contribution is -2.18. The van der Waals surface area contributed by atoms with Gasteiger partial charge >= 0.3 is 5.97 Å². The lowest BCUT2D eigenvalue weighted by Gasteiger charge is -2.16. The maximum Gasteiger partial charge on any atom is 0.338 e. The highest BCUT2D eigenvalue weighted by molar-refractivity contribution is 7.92. The minimum Gasteiger partial charge on any atom is -0.497 e. The Morgan fingerprint density at radius 2 is 1.77 bits per heavy atom. The fourth-order valence-electron chi connectivity index (χ4n) is 2.61. The van der Waals surface area contributed by atoms with Gasteiger partial charge in [0.2, 0.25) is 0 Å². The Morgan fingerprint density at radius 1 is 1.07 bits per heavy atom. The van der Waals surface area contributed by atoms with Crippen LogP contribution < -0.4 is 14.8 Å². The molecule has 0 aliphatic rings. The van der Waals surface area contributed by atoms with Crippen LogP contribution in [-0.2, 0) is 19.5 Å². The van der Waals surface area contributed by atoms with Gasteiger partial charge in [0.25, 0.3) is 10.0 Å². The van der Waals surface area contributed by atoms with Gasteiger partial charge in [-0.2, -0.15) is 0 Å². The summed E-state index contributed by atoms with van der Waals surface area (Å²) >= 11 is 0. The quantitative estimate of drug-likeness (QED) is 0.410. The number of methoxy groups -OCH3 is 2. The van der Waals surface area contributed by atoms with E-state index >= 15 is 0 Å². The van der Waals surface area contributed by atoms with Gasteiger partial charge in [-0.25, -0.2) is 13.2 Å². The van der Waals surface area contributed by atoms with E-state index in [2.05, 4.69) is 10.0 Å². The average Bonchev–Trinajstić information content (AvgIpc) is 2.71. The summed E-state index contributed by atoms with van der Waals surface area (Å²) in [6, 6.07) is 10.9. The molecule has 2 rings (SSSR count). The normalized spacial score (nSPS) is 11.2. The molecule has 0 heterocycles. The van der Waals surface area contributed by atoms with Crippen molar-refractivity contribution in [1.29, 1.82) is 0 Å². The largest absolute Gasteiger partial charge is 0.497 e. The first-order valence-corrected chi connectivity index (χ1v) is 11.0. The standard InChI is InChI=1S/C21H28N2O6S/c1-15(2)29-21(24)16-6-11-19(22-12-5-13-27-3)20(14-16)30(25,26)23-17-7-9-18(28-4)10-8-17/h6-11,14-15,22-23H,5,12-13H2,1-4H3. The molecule has 2 aromatic rings. The highest BCUT2D eigenvalue weighted by Gasteiger charge is 2.22. The summed E-state index contributed by atoms with van der Waals surface area (Å²) in [6.07, 6.45) is 0.376. The van der Waals surface area contributed by atoms with Crippen molar-refractivity contribution in [2.45, 2.75) is 31.3 Å². The molecule has 2 N–H and O–H groups in total. The molecule has 0 bridgehead atoms. The van der Waals surface area contributed by atoms with Crippen molar-refractivity contribution >= 4 is 27.4 Å². The van der Waals surface area contributed by atoms with Crippen LogP contribution in [0.1, 0.15) is 30.6 Å². The van der Waals surface area contributed by atoms with Gasteiger partial charge in [-0.3, -0.25) is 4.72 Å². The number of carbonyl (C=O) groups excluding carboxylic acids is 1. The van der Waals surface area contributed by atoms with Crippen molar-refractivity contribution in [1.82, 2.24) is 0 Å². The second kappa shape index (κ2) is 10.8. The van der Waals surface area contributed by atoms with Crippen molar-refractivity contribution in [2.75, 3.05) is 37.4 Å². The molecule has 0 aliphatic heterocycles. The molecule has 0 saturated carbocycles.